The predicted molar refractivity (Wildman–Crippen MR) is 108 cm³/mol. The van der Waals surface area contributed by atoms with Gasteiger partial charge in [0.2, 0.25) is 0 Å². The molecule has 138 valence electrons. The molecular formula is C21H27N3O2. The van der Waals surface area contributed by atoms with Crippen molar-refractivity contribution in [1.82, 2.24) is 9.88 Å². The first kappa shape index (κ1) is 19.5. The minimum absolute atomic E-state index is 0.360. The van der Waals surface area contributed by atoms with E-state index in [9.17, 15) is 9.90 Å². The van der Waals surface area contributed by atoms with Gasteiger partial charge in [0.1, 0.15) is 0 Å². The monoisotopic (exact) mass is 353 g/mol. The lowest BCUT2D eigenvalue weighted by molar-refractivity contribution is -0.138. The van der Waals surface area contributed by atoms with E-state index >= 15 is 0 Å². The maximum atomic E-state index is 11.6. The Morgan fingerprint density at radius 2 is 2.04 bits per heavy atom. The molecule has 1 heterocycles. The fourth-order valence-corrected chi connectivity index (χ4v) is 2.71. The molecule has 1 aromatic heterocycles. The van der Waals surface area contributed by atoms with E-state index in [4.69, 9.17) is 0 Å². The Balaban J connectivity index is 2.08. The van der Waals surface area contributed by atoms with E-state index in [0.29, 0.717) is 6.42 Å². The van der Waals surface area contributed by atoms with Crippen LogP contribution in [0.5, 0.6) is 0 Å². The molecule has 0 saturated carbocycles. The van der Waals surface area contributed by atoms with Crippen molar-refractivity contribution in [3.05, 3.63) is 60.0 Å². The fraction of sp³-hybridized carbons (Fsp3) is 0.333. The summed E-state index contributed by atoms with van der Waals surface area (Å²) in [5, 5.41) is 10.6. The molecule has 1 aromatic carbocycles. The van der Waals surface area contributed by atoms with Crippen LogP contribution in [-0.4, -0.2) is 46.3 Å². The minimum atomic E-state index is -0.919. The Morgan fingerprint density at radius 3 is 2.73 bits per heavy atom. The number of benzene rings is 1. The SMILES string of the molecule is CCN(/C=C/C=C(\C)C=N[C@@H](Cc1c[nH]c2ccccc12)C(=O)O)CC. The molecule has 0 aliphatic heterocycles. The number of carboxylic acids is 1. The summed E-state index contributed by atoms with van der Waals surface area (Å²) < 4.78 is 0. The van der Waals surface area contributed by atoms with Gasteiger partial charge in [-0.25, -0.2) is 4.79 Å². The van der Waals surface area contributed by atoms with E-state index in [0.717, 1.165) is 35.1 Å². The third kappa shape index (κ3) is 5.34. The highest BCUT2D eigenvalue weighted by Gasteiger charge is 2.18. The van der Waals surface area contributed by atoms with Crippen molar-refractivity contribution in [2.75, 3.05) is 13.1 Å². The lowest BCUT2D eigenvalue weighted by Gasteiger charge is -2.13. The molecule has 0 fully saturated rings. The Bertz CT molecular complexity index is 814. The molecule has 0 aliphatic carbocycles. The van der Waals surface area contributed by atoms with Gasteiger partial charge in [0.05, 0.1) is 0 Å². The van der Waals surface area contributed by atoms with Gasteiger partial charge in [0, 0.05) is 42.8 Å². The number of aromatic nitrogens is 1. The summed E-state index contributed by atoms with van der Waals surface area (Å²) in [6, 6.07) is 7.08. The highest BCUT2D eigenvalue weighted by molar-refractivity contribution is 5.86. The van der Waals surface area contributed by atoms with Gasteiger partial charge in [-0.15, -0.1) is 0 Å². The second-order valence-electron chi connectivity index (χ2n) is 6.17. The number of hydrogen-bond acceptors (Lipinski definition) is 3. The van der Waals surface area contributed by atoms with Gasteiger partial charge < -0.3 is 15.0 Å². The molecule has 26 heavy (non-hydrogen) atoms. The summed E-state index contributed by atoms with van der Waals surface area (Å²) in [7, 11) is 0. The molecule has 5 heteroatoms. The highest BCUT2D eigenvalue weighted by atomic mass is 16.4. The molecule has 0 radical (unpaired) electrons. The molecule has 0 saturated heterocycles. The van der Waals surface area contributed by atoms with Crippen molar-refractivity contribution in [3.63, 3.8) is 0 Å². The van der Waals surface area contributed by atoms with E-state index in [-0.39, 0.29) is 0 Å². The summed E-state index contributed by atoms with van der Waals surface area (Å²) in [5.74, 6) is -0.919. The van der Waals surface area contributed by atoms with Gasteiger partial charge in [-0.1, -0.05) is 24.3 Å². The van der Waals surface area contributed by atoms with Crippen LogP contribution in [0.2, 0.25) is 0 Å². The zero-order chi connectivity index (χ0) is 18.9. The molecule has 0 bridgehead atoms. The average molecular weight is 353 g/mol. The van der Waals surface area contributed by atoms with Gasteiger partial charge in [0.15, 0.2) is 6.04 Å². The van der Waals surface area contributed by atoms with Crippen molar-refractivity contribution in [1.29, 1.82) is 0 Å². The molecule has 2 aromatic rings. The molecule has 0 aliphatic rings. The second kappa shape index (κ2) is 9.61. The number of carboxylic acid groups (broad SMARTS) is 1. The van der Waals surface area contributed by atoms with E-state index in [1.54, 1.807) is 6.21 Å². The molecule has 1 atom stereocenters. The molecular weight excluding hydrogens is 326 g/mol. The number of aliphatic carboxylic acids is 1. The fourth-order valence-electron chi connectivity index (χ4n) is 2.71. The number of hydrogen-bond donors (Lipinski definition) is 2. The van der Waals surface area contributed by atoms with Crippen molar-refractivity contribution in [2.24, 2.45) is 4.99 Å². The number of H-pyrrole nitrogens is 1. The summed E-state index contributed by atoms with van der Waals surface area (Å²) in [6.07, 6.45) is 9.79. The topological polar surface area (TPSA) is 68.7 Å². The lowest BCUT2D eigenvalue weighted by atomic mass is 10.1. The van der Waals surface area contributed by atoms with Crippen LogP contribution in [0.4, 0.5) is 0 Å². The minimum Gasteiger partial charge on any atom is -0.480 e. The van der Waals surface area contributed by atoms with Crippen molar-refractivity contribution in [3.8, 4) is 0 Å². The quantitative estimate of drug-likeness (QED) is 0.528. The van der Waals surface area contributed by atoms with Crippen LogP contribution in [0.25, 0.3) is 10.9 Å². The van der Waals surface area contributed by atoms with Crippen LogP contribution in [0.3, 0.4) is 0 Å². The van der Waals surface area contributed by atoms with E-state index in [1.807, 2.05) is 55.7 Å². The maximum Gasteiger partial charge on any atom is 0.328 e. The van der Waals surface area contributed by atoms with Crippen molar-refractivity contribution in [2.45, 2.75) is 33.2 Å². The highest BCUT2D eigenvalue weighted by Crippen LogP contribution is 2.20. The van der Waals surface area contributed by atoms with Crippen LogP contribution in [0.1, 0.15) is 26.3 Å². The largest absolute Gasteiger partial charge is 0.480 e. The number of para-hydroxylation sites is 1. The van der Waals surface area contributed by atoms with E-state index in [1.165, 1.54) is 0 Å². The van der Waals surface area contributed by atoms with Crippen LogP contribution in [0.15, 0.2) is 59.4 Å². The summed E-state index contributed by atoms with van der Waals surface area (Å²) in [5.41, 5.74) is 2.89. The second-order valence-corrected chi connectivity index (χ2v) is 6.17. The first-order chi connectivity index (χ1) is 12.5. The van der Waals surface area contributed by atoms with Crippen LogP contribution < -0.4 is 0 Å². The number of allylic oxidation sites excluding steroid dienone is 3. The number of fused-ring (bicyclic) bond motifs is 1. The van der Waals surface area contributed by atoms with E-state index in [2.05, 4.69) is 28.7 Å². The number of aliphatic imine (C=N–C) groups is 1. The summed E-state index contributed by atoms with van der Waals surface area (Å²) in [6.45, 7) is 8.04. The lowest BCUT2D eigenvalue weighted by Crippen LogP contribution is -2.20. The van der Waals surface area contributed by atoms with Crippen molar-refractivity contribution < 1.29 is 9.90 Å². The van der Waals surface area contributed by atoms with Gasteiger partial charge in [-0.05, 0) is 50.3 Å². The number of aromatic amines is 1. The molecule has 5 nitrogen and oxygen atoms in total. The molecule has 2 N–H and O–H groups in total. The standard InChI is InChI=1S/C21H27N3O2/c1-4-24(5-2)12-8-9-16(3)14-22-20(21(25)26)13-17-15-23-19-11-7-6-10-18(17)19/h6-12,14-15,20,23H,4-5,13H2,1-3H3,(H,25,26)/b12-8+,16-9+,22-14?/t20-/m0/s1. The molecule has 0 unspecified atom stereocenters. The van der Waals surface area contributed by atoms with Gasteiger partial charge in [0.25, 0.3) is 0 Å². The predicted octanol–water partition coefficient (Wildman–Crippen LogP) is 4.04. The number of nitrogens with zero attached hydrogens (tertiary/aromatic N) is 2. The van der Waals surface area contributed by atoms with Crippen LogP contribution >= 0.6 is 0 Å². The molecule has 2 rings (SSSR count). The zero-order valence-corrected chi connectivity index (χ0v) is 15.6. The average Bonchev–Trinajstić information content (AvgIpc) is 3.05. The normalized spacial score (nSPS) is 13.7. The molecule has 0 spiro atoms. The first-order valence-corrected chi connectivity index (χ1v) is 8.95. The third-order valence-corrected chi connectivity index (χ3v) is 4.30. The first-order valence-electron chi connectivity index (χ1n) is 8.95. The maximum absolute atomic E-state index is 11.6. The Kier molecular flexibility index (Phi) is 7.21. The van der Waals surface area contributed by atoms with Crippen LogP contribution in [-0.2, 0) is 11.2 Å². The van der Waals surface area contributed by atoms with E-state index < -0.39 is 12.0 Å². The van der Waals surface area contributed by atoms with Crippen molar-refractivity contribution >= 4 is 23.1 Å². The number of rotatable bonds is 9. The number of carbonyl (C=O) groups is 1. The summed E-state index contributed by atoms with van der Waals surface area (Å²) in [4.78, 5) is 21.2. The smallest absolute Gasteiger partial charge is 0.328 e. The zero-order valence-electron chi connectivity index (χ0n) is 15.6. The van der Waals surface area contributed by atoms with Crippen LogP contribution in [0, 0.1) is 0 Å². The van der Waals surface area contributed by atoms with Gasteiger partial charge >= 0.3 is 5.97 Å². The van der Waals surface area contributed by atoms with Gasteiger partial charge in [-0.2, -0.15) is 0 Å². The Labute approximate surface area is 154 Å². The Morgan fingerprint density at radius 1 is 1.31 bits per heavy atom. The molecule has 0 amide bonds. The summed E-state index contributed by atoms with van der Waals surface area (Å²) >= 11 is 0. The van der Waals surface area contributed by atoms with Gasteiger partial charge in [-0.3, -0.25) is 4.99 Å². The Hall–Kier alpha value is -2.82. The number of nitrogens with one attached hydrogen (secondary N) is 1. The third-order valence-electron chi connectivity index (χ3n) is 4.30.